The second-order valence-corrected chi connectivity index (χ2v) is 6.84. The molecule has 1 aromatic carbocycles. The average Bonchev–Trinajstić information content (AvgIpc) is 2.43. The van der Waals surface area contributed by atoms with Crippen molar-refractivity contribution in [3.8, 4) is 5.75 Å². The molecule has 21 heavy (non-hydrogen) atoms. The van der Waals surface area contributed by atoms with Crippen LogP contribution in [0.1, 0.15) is 56.2 Å². The highest BCUT2D eigenvalue weighted by Gasteiger charge is 2.30. The van der Waals surface area contributed by atoms with Crippen LogP contribution in [0.25, 0.3) is 0 Å². The van der Waals surface area contributed by atoms with Gasteiger partial charge in [0.05, 0.1) is 0 Å². The number of hydrogen-bond acceptors (Lipinski definition) is 2. The number of aryl methyl sites for hydroxylation is 2. The van der Waals surface area contributed by atoms with Crippen LogP contribution in [-0.2, 0) is 0 Å². The van der Waals surface area contributed by atoms with Gasteiger partial charge in [0.1, 0.15) is 11.9 Å². The van der Waals surface area contributed by atoms with Gasteiger partial charge in [-0.05, 0) is 81.7 Å². The monoisotopic (exact) mass is 289 g/mol. The molecule has 1 fully saturated rings. The van der Waals surface area contributed by atoms with E-state index in [1.165, 1.54) is 36.0 Å². The zero-order chi connectivity index (χ0) is 15.4. The summed E-state index contributed by atoms with van der Waals surface area (Å²) in [7, 11) is 0. The fourth-order valence-electron chi connectivity index (χ4n) is 3.31. The summed E-state index contributed by atoms with van der Waals surface area (Å²) in [5, 5.41) is 3.69. The molecule has 3 atom stereocenters. The highest BCUT2D eigenvalue weighted by Crippen LogP contribution is 2.31. The number of rotatable bonds is 5. The highest BCUT2D eigenvalue weighted by molar-refractivity contribution is 5.42. The molecule has 3 unspecified atom stereocenters. The molecule has 2 heteroatoms. The Morgan fingerprint density at radius 2 is 1.95 bits per heavy atom. The second kappa shape index (κ2) is 7.31. The van der Waals surface area contributed by atoms with Gasteiger partial charge in [0.25, 0.3) is 0 Å². The Kier molecular flexibility index (Phi) is 5.69. The minimum Gasteiger partial charge on any atom is -0.489 e. The first-order chi connectivity index (χ1) is 10.0. The van der Waals surface area contributed by atoms with E-state index in [0.29, 0.717) is 12.1 Å². The fraction of sp³-hybridized carbons (Fsp3) is 0.684. The van der Waals surface area contributed by atoms with Crippen molar-refractivity contribution in [2.24, 2.45) is 5.92 Å². The zero-order valence-corrected chi connectivity index (χ0v) is 14.3. The molecular formula is C19H31NO. The largest absolute Gasteiger partial charge is 0.489 e. The molecule has 0 amide bonds. The quantitative estimate of drug-likeness (QED) is 0.858. The van der Waals surface area contributed by atoms with Crippen molar-refractivity contribution in [3.05, 3.63) is 28.8 Å². The molecule has 0 spiro atoms. The number of ether oxygens (including phenoxy) is 1. The molecule has 1 aliphatic rings. The summed E-state index contributed by atoms with van der Waals surface area (Å²) < 4.78 is 6.47. The predicted octanol–water partition coefficient (Wildman–Crippen LogP) is 4.55. The van der Waals surface area contributed by atoms with Gasteiger partial charge in [-0.3, -0.25) is 0 Å². The van der Waals surface area contributed by atoms with Gasteiger partial charge in [0.2, 0.25) is 0 Å². The van der Waals surface area contributed by atoms with Crippen molar-refractivity contribution in [2.45, 2.75) is 72.4 Å². The molecule has 1 saturated carbocycles. The molecule has 2 rings (SSSR count). The lowest BCUT2D eigenvalue weighted by Crippen LogP contribution is -2.47. The van der Waals surface area contributed by atoms with Gasteiger partial charge in [-0.25, -0.2) is 0 Å². The molecule has 2 nitrogen and oxygen atoms in total. The Hall–Kier alpha value is -1.02. The first-order valence-corrected chi connectivity index (χ1v) is 8.49. The molecule has 0 bridgehead atoms. The van der Waals surface area contributed by atoms with E-state index in [2.05, 4.69) is 52.1 Å². The minimum atomic E-state index is 0.306. The van der Waals surface area contributed by atoms with Gasteiger partial charge >= 0.3 is 0 Å². The summed E-state index contributed by atoms with van der Waals surface area (Å²) in [5.41, 5.74) is 3.90. The molecule has 1 aliphatic carbocycles. The van der Waals surface area contributed by atoms with E-state index < -0.39 is 0 Å². The Labute approximate surface area is 130 Å². The van der Waals surface area contributed by atoms with Crippen LogP contribution in [0.15, 0.2) is 12.1 Å². The smallest absolute Gasteiger partial charge is 0.123 e. The maximum atomic E-state index is 6.47. The molecule has 0 heterocycles. The van der Waals surface area contributed by atoms with Crippen LogP contribution in [-0.4, -0.2) is 18.7 Å². The number of hydrogen-bond donors (Lipinski definition) is 1. The van der Waals surface area contributed by atoms with Crippen molar-refractivity contribution < 1.29 is 4.74 Å². The summed E-state index contributed by atoms with van der Waals surface area (Å²) in [4.78, 5) is 0. The third-order valence-corrected chi connectivity index (χ3v) is 4.75. The molecule has 0 saturated heterocycles. The Morgan fingerprint density at radius 3 is 2.67 bits per heavy atom. The molecule has 118 valence electrons. The lowest BCUT2D eigenvalue weighted by atomic mass is 9.85. The van der Waals surface area contributed by atoms with Gasteiger partial charge in [-0.15, -0.1) is 0 Å². The number of nitrogens with one attached hydrogen (secondary N) is 1. The van der Waals surface area contributed by atoms with Crippen molar-refractivity contribution >= 4 is 0 Å². The van der Waals surface area contributed by atoms with E-state index >= 15 is 0 Å². The maximum absolute atomic E-state index is 6.47. The molecule has 0 aliphatic heterocycles. The van der Waals surface area contributed by atoms with Gasteiger partial charge in [-0.2, -0.15) is 0 Å². The van der Waals surface area contributed by atoms with E-state index in [1.807, 2.05) is 0 Å². The molecule has 0 aromatic heterocycles. The van der Waals surface area contributed by atoms with E-state index in [-0.39, 0.29) is 0 Å². The van der Waals surface area contributed by atoms with Gasteiger partial charge in [0, 0.05) is 6.04 Å². The van der Waals surface area contributed by atoms with E-state index in [9.17, 15) is 0 Å². The first-order valence-electron chi connectivity index (χ1n) is 8.49. The Bertz CT molecular complexity index is 467. The summed E-state index contributed by atoms with van der Waals surface area (Å²) >= 11 is 0. The van der Waals surface area contributed by atoms with Crippen LogP contribution in [0.3, 0.4) is 0 Å². The summed E-state index contributed by atoms with van der Waals surface area (Å²) in [5.74, 6) is 1.84. The van der Waals surface area contributed by atoms with Crippen LogP contribution in [0.4, 0.5) is 0 Å². The third-order valence-electron chi connectivity index (χ3n) is 4.75. The second-order valence-electron chi connectivity index (χ2n) is 6.84. The van der Waals surface area contributed by atoms with Crippen molar-refractivity contribution in [3.63, 3.8) is 0 Å². The molecule has 1 N–H and O–H groups in total. The standard InChI is InChI=1S/C19H31NO/c1-6-9-20-17-8-7-13(2)11-19(17)21-18-12-14(3)10-15(4)16(18)5/h10,12-13,17,19-20H,6-9,11H2,1-5H3. The van der Waals surface area contributed by atoms with Crippen molar-refractivity contribution in [1.29, 1.82) is 0 Å². The van der Waals surface area contributed by atoms with Crippen molar-refractivity contribution in [2.75, 3.05) is 6.54 Å². The van der Waals surface area contributed by atoms with Crippen LogP contribution < -0.4 is 10.1 Å². The van der Waals surface area contributed by atoms with Gasteiger partial charge in [-0.1, -0.05) is 19.9 Å². The van der Waals surface area contributed by atoms with Crippen LogP contribution in [0, 0.1) is 26.7 Å². The third kappa shape index (κ3) is 4.23. The van der Waals surface area contributed by atoms with Crippen molar-refractivity contribution in [1.82, 2.24) is 5.32 Å². The van der Waals surface area contributed by atoms with Gasteiger partial charge in [0.15, 0.2) is 0 Å². The predicted molar refractivity (Wildman–Crippen MR) is 90.2 cm³/mol. The lowest BCUT2D eigenvalue weighted by molar-refractivity contribution is 0.0901. The Balaban J connectivity index is 2.14. The first kappa shape index (κ1) is 16.4. The van der Waals surface area contributed by atoms with E-state index in [1.54, 1.807) is 0 Å². The van der Waals surface area contributed by atoms with Crippen LogP contribution >= 0.6 is 0 Å². The molecular weight excluding hydrogens is 258 g/mol. The molecule has 0 radical (unpaired) electrons. The normalized spacial score (nSPS) is 25.9. The van der Waals surface area contributed by atoms with Crippen LogP contribution in [0.5, 0.6) is 5.75 Å². The van der Waals surface area contributed by atoms with Crippen LogP contribution in [0.2, 0.25) is 0 Å². The fourth-order valence-corrected chi connectivity index (χ4v) is 3.31. The minimum absolute atomic E-state index is 0.306. The molecule has 1 aromatic rings. The lowest BCUT2D eigenvalue weighted by Gasteiger charge is -2.36. The number of benzene rings is 1. The summed E-state index contributed by atoms with van der Waals surface area (Å²) in [6.45, 7) is 12.2. The SMILES string of the molecule is CCCNC1CCC(C)CC1Oc1cc(C)cc(C)c1C. The summed E-state index contributed by atoms with van der Waals surface area (Å²) in [6.07, 6.45) is 5.19. The maximum Gasteiger partial charge on any atom is 0.123 e. The topological polar surface area (TPSA) is 21.3 Å². The van der Waals surface area contributed by atoms with E-state index in [0.717, 1.165) is 24.6 Å². The van der Waals surface area contributed by atoms with E-state index in [4.69, 9.17) is 4.74 Å². The van der Waals surface area contributed by atoms with Gasteiger partial charge < -0.3 is 10.1 Å². The highest BCUT2D eigenvalue weighted by atomic mass is 16.5. The zero-order valence-electron chi connectivity index (χ0n) is 14.3. The average molecular weight is 289 g/mol. The Morgan fingerprint density at radius 1 is 1.19 bits per heavy atom. The summed E-state index contributed by atoms with van der Waals surface area (Å²) in [6, 6.07) is 4.93.